The molecule has 1 atom stereocenters. The van der Waals surface area contributed by atoms with Crippen LogP contribution in [0.5, 0.6) is 0 Å². The molecule has 0 aliphatic carbocycles. The monoisotopic (exact) mass is 297 g/mol. The molecular formula is C17H28ClNO. The molecule has 0 aliphatic rings. The Bertz CT molecular complexity index is 381. The number of ether oxygens (including phenoxy) is 1. The number of rotatable bonds is 7. The van der Waals surface area contributed by atoms with Gasteiger partial charge in [0.15, 0.2) is 0 Å². The smallest absolute Gasteiger partial charge is 0.0949 e. The lowest BCUT2D eigenvalue weighted by atomic mass is 9.93. The third-order valence-corrected chi connectivity index (χ3v) is 3.38. The van der Waals surface area contributed by atoms with Gasteiger partial charge in [0, 0.05) is 24.2 Å². The van der Waals surface area contributed by atoms with E-state index in [0.717, 1.165) is 24.6 Å². The molecule has 0 bridgehead atoms. The summed E-state index contributed by atoms with van der Waals surface area (Å²) in [6.07, 6.45) is 1.13. The van der Waals surface area contributed by atoms with E-state index in [-0.39, 0.29) is 6.10 Å². The van der Waals surface area contributed by atoms with Gasteiger partial charge in [0.05, 0.1) is 6.10 Å². The van der Waals surface area contributed by atoms with Crippen LogP contribution in [0.3, 0.4) is 0 Å². The lowest BCUT2D eigenvalue weighted by Gasteiger charge is -2.23. The molecule has 1 aromatic carbocycles. The van der Waals surface area contributed by atoms with E-state index in [4.69, 9.17) is 16.3 Å². The van der Waals surface area contributed by atoms with Gasteiger partial charge in [0.2, 0.25) is 0 Å². The molecule has 0 aliphatic heterocycles. The third kappa shape index (κ3) is 7.28. The van der Waals surface area contributed by atoms with Crippen molar-refractivity contribution < 1.29 is 4.74 Å². The second-order valence-electron chi connectivity index (χ2n) is 6.78. The van der Waals surface area contributed by atoms with E-state index in [2.05, 4.69) is 39.9 Å². The summed E-state index contributed by atoms with van der Waals surface area (Å²) in [6, 6.07) is 8.40. The van der Waals surface area contributed by atoms with Gasteiger partial charge < -0.3 is 10.1 Å². The summed E-state index contributed by atoms with van der Waals surface area (Å²) in [5.41, 5.74) is 1.48. The highest BCUT2D eigenvalue weighted by atomic mass is 35.5. The summed E-state index contributed by atoms with van der Waals surface area (Å²) < 4.78 is 6.09. The SMILES string of the molecule is CC(C)NCC(OCCC(C)(C)C)c1ccc(Cl)cc1. The molecule has 114 valence electrons. The maximum absolute atomic E-state index is 6.09. The van der Waals surface area contributed by atoms with Crippen LogP contribution in [0.25, 0.3) is 0 Å². The average Bonchev–Trinajstić information content (AvgIpc) is 2.33. The van der Waals surface area contributed by atoms with Crippen molar-refractivity contribution >= 4 is 11.6 Å². The van der Waals surface area contributed by atoms with Crippen LogP contribution in [0.2, 0.25) is 5.02 Å². The van der Waals surface area contributed by atoms with Crippen molar-refractivity contribution in [3.05, 3.63) is 34.9 Å². The normalized spacial score (nSPS) is 13.8. The zero-order chi connectivity index (χ0) is 15.2. The van der Waals surface area contributed by atoms with Gasteiger partial charge in [-0.3, -0.25) is 0 Å². The highest BCUT2D eigenvalue weighted by molar-refractivity contribution is 6.30. The largest absolute Gasteiger partial charge is 0.372 e. The van der Waals surface area contributed by atoms with Gasteiger partial charge in [-0.25, -0.2) is 0 Å². The first-order valence-corrected chi connectivity index (χ1v) is 7.76. The molecule has 1 rings (SSSR count). The van der Waals surface area contributed by atoms with Crippen molar-refractivity contribution in [1.82, 2.24) is 5.32 Å². The van der Waals surface area contributed by atoms with Crippen LogP contribution in [0.4, 0.5) is 0 Å². The van der Waals surface area contributed by atoms with Crippen molar-refractivity contribution in [2.45, 2.75) is 53.2 Å². The second kappa shape index (κ2) is 8.02. The summed E-state index contributed by atoms with van der Waals surface area (Å²) in [4.78, 5) is 0. The van der Waals surface area contributed by atoms with Crippen molar-refractivity contribution in [1.29, 1.82) is 0 Å². The standard InChI is InChI=1S/C17H28ClNO/c1-13(2)19-12-16(20-11-10-17(3,4)5)14-6-8-15(18)9-7-14/h6-9,13,16,19H,10-12H2,1-5H3. The van der Waals surface area contributed by atoms with Crippen LogP contribution in [0.15, 0.2) is 24.3 Å². The zero-order valence-electron chi connectivity index (χ0n) is 13.4. The number of hydrogen-bond acceptors (Lipinski definition) is 2. The molecule has 1 unspecified atom stereocenters. The van der Waals surface area contributed by atoms with Gasteiger partial charge in [-0.15, -0.1) is 0 Å². The minimum absolute atomic E-state index is 0.0806. The van der Waals surface area contributed by atoms with Gasteiger partial charge in [0.25, 0.3) is 0 Å². The highest BCUT2D eigenvalue weighted by Gasteiger charge is 2.15. The Kier molecular flexibility index (Phi) is 7.01. The number of hydrogen-bond donors (Lipinski definition) is 1. The summed E-state index contributed by atoms with van der Waals surface area (Å²) in [5, 5.41) is 4.21. The molecule has 3 heteroatoms. The van der Waals surface area contributed by atoms with E-state index in [1.807, 2.05) is 24.3 Å². The predicted molar refractivity (Wildman–Crippen MR) is 87.4 cm³/mol. The lowest BCUT2D eigenvalue weighted by Crippen LogP contribution is -2.29. The van der Waals surface area contributed by atoms with E-state index in [9.17, 15) is 0 Å². The Morgan fingerprint density at radius 1 is 1.15 bits per heavy atom. The van der Waals surface area contributed by atoms with Crippen LogP contribution in [-0.4, -0.2) is 19.2 Å². The van der Waals surface area contributed by atoms with Crippen LogP contribution in [0, 0.1) is 5.41 Å². The van der Waals surface area contributed by atoms with E-state index in [0.29, 0.717) is 11.5 Å². The molecule has 0 aromatic heterocycles. The highest BCUT2D eigenvalue weighted by Crippen LogP contribution is 2.23. The predicted octanol–water partition coefficient (Wildman–Crippen LogP) is 4.83. The van der Waals surface area contributed by atoms with Crippen LogP contribution < -0.4 is 5.32 Å². The minimum Gasteiger partial charge on any atom is -0.372 e. The van der Waals surface area contributed by atoms with Gasteiger partial charge in [-0.1, -0.05) is 58.4 Å². The van der Waals surface area contributed by atoms with E-state index in [1.54, 1.807) is 0 Å². The number of halogens is 1. The molecule has 0 saturated heterocycles. The Morgan fingerprint density at radius 2 is 1.75 bits per heavy atom. The molecule has 0 heterocycles. The maximum atomic E-state index is 6.09. The van der Waals surface area contributed by atoms with Crippen molar-refractivity contribution in [2.24, 2.45) is 5.41 Å². The van der Waals surface area contributed by atoms with Crippen LogP contribution >= 0.6 is 11.6 Å². The lowest BCUT2D eigenvalue weighted by molar-refractivity contribution is 0.0359. The Labute approximate surface area is 128 Å². The average molecular weight is 298 g/mol. The molecule has 0 spiro atoms. The molecule has 1 aromatic rings. The van der Waals surface area contributed by atoms with Crippen molar-refractivity contribution in [3.8, 4) is 0 Å². The third-order valence-electron chi connectivity index (χ3n) is 3.12. The Morgan fingerprint density at radius 3 is 2.25 bits per heavy atom. The zero-order valence-corrected chi connectivity index (χ0v) is 14.1. The Balaban J connectivity index is 2.62. The van der Waals surface area contributed by atoms with Gasteiger partial charge in [0.1, 0.15) is 0 Å². The number of benzene rings is 1. The molecule has 0 amide bonds. The molecule has 20 heavy (non-hydrogen) atoms. The fraction of sp³-hybridized carbons (Fsp3) is 0.647. The molecule has 0 fully saturated rings. The molecule has 0 saturated carbocycles. The molecule has 0 radical (unpaired) electrons. The van der Waals surface area contributed by atoms with Crippen molar-refractivity contribution in [3.63, 3.8) is 0 Å². The van der Waals surface area contributed by atoms with E-state index < -0.39 is 0 Å². The fourth-order valence-electron chi connectivity index (χ4n) is 1.80. The first kappa shape index (κ1) is 17.5. The van der Waals surface area contributed by atoms with E-state index in [1.165, 1.54) is 5.56 Å². The maximum Gasteiger partial charge on any atom is 0.0949 e. The minimum atomic E-state index is 0.0806. The van der Waals surface area contributed by atoms with Gasteiger partial charge in [-0.05, 0) is 29.5 Å². The molecule has 2 nitrogen and oxygen atoms in total. The molecule has 1 N–H and O–H groups in total. The number of nitrogens with one attached hydrogen (secondary N) is 1. The summed E-state index contributed by atoms with van der Waals surface area (Å²) in [6.45, 7) is 12.6. The van der Waals surface area contributed by atoms with Crippen LogP contribution in [-0.2, 0) is 4.74 Å². The van der Waals surface area contributed by atoms with Gasteiger partial charge in [-0.2, -0.15) is 0 Å². The quantitative estimate of drug-likeness (QED) is 0.778. The Hall–Kier alpha value is -0.570. The second-order valence-corrected chi connectivity index (χ2v) is 7.22. The molecular weight excluding hydrogens is 270 g/mol. The van der Waals surface area contributed by atoms with Crippen LogP contribution in [0.1, 0.15) is 52.7 Å². The van der Waals surface area contributed by atoms with Crippen molar-refractivity contribution in [2.75, 3.05) is 13.2 Å². The fourth-order valence-corrected chi connectivity index (χ4v) is 1.93. The first-order valence-electron chi connectivity index (χ1n) is 7.38. The van der Waals surface area contributed by atoms with Gasteiger partial charge >= 0.3 is 0 Å². The summed E-state index contributed by atoms with van der Waals surface area (Å²) >= 11 is 5.95. The summed E-state index contributed by atoms with van der Waals surface area (Å²) in [5.74, 6) is 0. The topological polar surface area (TPSA) is 21.3 Å². The first-order chi connectivity index (χ1) is 9.28. The summed E-state index contributed by atoms with van der Waals surface area (Å²) in [7, 11) is 0. The van der Waals surface area contributed by atoms with E-state index >= 15 is 0 Å².